The van der Waals surface area contributed by atoms with Crippen LogP contribution in [0.4, 0.5) is 8.78 Å². The molecule has 0 unspecified atom stereocenters. The van der Waals surface area contributed by atoms with Gasteiger partial charge in [-0.25, -0.2) is 8.78 Å². The summed E-state index contributed by atoms with van der Waals surface area (Å²) >= 11 is 0. The number of carbonyl (C=O) groups is 2. The van der Waals surface area contributed by atoms with Crippen molar-refractivity contribution in [2.75, 3.05) is 13.1 Å². The van der Waals surface area contributed by atoms with Crippen LogP contribution in [-0.2, 0) is 0 Å². The van der Waals surface area contributed by atoms with E-state index in [1.165, 1.54) is 4.90 Å². The van der Waals surface area contributed by atoms with Gasteiger partial charge in [0.05, 0.1) is 16.7 Å². The van der Waals surface area contributed by atoms with Crippen LogP contribution in [0.3, 0.4) is 0 Å². The normalized spacial score (nSPS) is 11.8. The third-order valence-electron chi connectivity index (χ3n) is 6.23. The molecule has 0 heterocycles. The van der Waals surface area contributed by atoms with Gasteiger partial charge in [-0.05, 0) is 42.7 Å². The summed E-state index contributed by atoms with van der Waals surface area (Å²) in [5, 5.41) is 12.8. The van der Waals surface area contributed by atoms with Gasteiger partial charge in [0.2, 0.25) is 0 Å². The topological polar surface area (TPSA) is 73.2 Å². The van der Waals surface area contributed by atoms with Crippen LogP contribution in [0, 0.1) is 28.4 Å². The van der Waals surface area contributed by atoms with E-state index in [1.54, 1.807) is 46.8 Å². The van der Waals surface area contributed by atoms with Crippen LogP contribution >= 0.6 is 0 Å². The second kappa shape index (κ2) is 11.8. The first kappa shape index (κ1) is 28.3. The highest BCUT2D eigenvalue weighted by molar-refractivity contribution is 6.08. The van der Waals surface area contributed by atoms with Crippen LogP contribution in [-0.4, -0.2) is 29.8 Å². The third-order valence-corrected chi connectivity index (χ3v) is 6.23. The minimum Gasteiger partial charge on any atom is -0.339 e. The molecule has 0 radical (unpaired) electrons. The van der Waals surface area contributed by atoms with Crippen molar-refractivity contribution in [1.29, 1.82) is 5.26 Å². The Balaban J connectivity index is 2.10. The number of hydrogen-bond acceptors (Lipinski definition) is 3. The van der Waals surface area contributed by atoms with Crippen molar-refractivity contribution in [3.05, 3.63) is 101 Å². The molecule has 3 rings (SSSR count). The van der Waals surface area contributed by atoms with Gasteiger partial charge in [-0.2, -0.15) is 5.26 Å². The van der Waals surface area contributed by atoms with Gasteiger partial charge in [0.25, 0.3) is 11.8 Å². The molecular weight excluding hydrogens is 484 g/mol. The van der Waals surface area contributed by atoms with Gasteiger partial charge in [-0.3, -0.25) is 9.59 Å². The fourth-order valence-electron chi connectivity index (χ4n) is 4.18. The van der Waals surface area contributed by atoms with E-state index in [9.17, 15) is 23.6 Å². The van der Waals surface area contributed by atoms with Gasteiger partial charge in [0.1, 0.15) is 17.7 Å². The monoisotopic (exact) mass is 515 g/mol. The molecule has 2 amide bonds. The summed E-state index contributed by atoms with van der Waals surface area (Å²) in [4.78, 5) is 27.8. The molecule has 0 fully saturated rings. The molecule has 0 aliphatic rings. The Hall–Kier alpha value is -4.31. The predicted molar refractivity (Wildman–Crippen MR) is 145 cm³/mol. The zero-order chi connectivity index (χ0) is 28.0. The van der Waals surface area contributed by atoms with E-state index in [2.05, 4.69) is 11.4 Å². The van der Waals surface area contributed by atoms with Crippen LogP contribution in [0.2, 0.25) is 0 Å². The number of carbonyl (C=O) groups excluding carboxylic acids is 2. The molecule has 3 aromatic carbocycles. The molecule has 7 heteroatoms. The standard InChI is InChI=1S/C31H31F2N3O2/c1-6-36(7-2)30(38)27-25(33)18-17-24(32)26(27)29(37)35-28(31(3,4)5)23(19-34)22-15-13-21(14-16-22)20-11-9-8-10-12-20/h8-18H,6-7H2,1-5H3,(H,35,37). The molecule has 0 aromatic heterocycles. The molecule has 0 saturated heterocycles. The SMILES string of the molecule is CCN(CC)C(=O)c1c(F)ccc(F)c1C(=O)NC(=C(C#N)c1ccc(-c2ccccc2)cc1)C(C)(C)C. The van der Waals surface area contributed by atoms with Crippen molar-refractivity contribution in [3.8, 4) is 17.2 Å². The second-order valence-corrected chi connectivity index (χ2v) is 9.77. The fraction of sp³-hybridized carbons (Fsp3) is 0.258. The van der Waals surface area contributed by atoms with E-state index < -0.39 is 40.0 Å². The Morgan fingerprint density at radius 1 is 0.842 bits per heavy atom. The summed E-state index contributed by atoms with van der Waals surface area (Å²) in [7, 11) is 0. The van der Waals surface area contributed by atoms with Crippen molar-refractivity contribution < 1.29 is 18.4 Å². The first-order chi connectivity index (χ1) is 18.0. The number of hydrogen-bond donors (Lipinski definition) is 1. The van der Waals surface area contributed by atoms with Crippen LogP contribution < -0.4 is 5.32 Å². The van der Waals surface area contributed by atoms with Gasteiger partial charge in [-0.15, -0.1) is 0 Å². The smallest absolute Gasteiger partial charge is 0.259 e. The van der Waals surface area contributed by atoms with Gasteiger partial charge in [0.15, 0.2) is 0 Å². The Morgan fingerprint density at radius 2 is 1.37 bits per heavy atom. The van der Waals surface area contributed by atoms with Gasteiger partial charge < -0.3 is 10.2 Å². The maximum atomic E-state index is 15.0. The van der Waals surface area contributed by atoms with Gasteiger partial charge in [0, 0.05) is 24.2 Å². The summed E-state index contributed by atoms with van der Waals surface area (Å²) in [6.07, 6.45) is 0. The number of nitriles is 1. The molecule has 0 atom stereocenters. The summed E-state index contributed by atoms with van der Waals surface area (Å²) in [6.45, 7) is 9.32. The Labute approximate surface area is 222 Å². The zero-order valence-electron chi connectivity index (χ0n) is 22.2. The minimum atomic E-state index is -1.03. The number of rotatable bonds is 7. The fourth-order valence-corrected chi connectivity index (χ4v) is 4.18. The number of halogens is 2. The molecule has 0 aliphatic carbocycles. The zero-order valence-corrected chi connectivity index (χ0v) is 22.2. The van der Waals surface area contributed by atoms with Crippen LogP contribution in [0.1, 0.15) is 60.9 Å². The second-order valence-electron chi connectivity index (χ2n) is 9.77. The molecule has 3 aromatic rings. The van der Waals surface area contributed by atoms with Crippen molar-refractivity contribution >= 4 is 17.4 Å². The molecular formula is C31H31F2N3O2. The number of benzene rings is 3. The van der Waals surface area contributed by atoms with Gasteiger partial charge in [-0.1, -0.05) is 75.4 Å². The lowest BCUT2D eigenvalue weighted by Crippen LogP contribution is -2.36. The summed E-state index contributed by atoms with van der Waals surface area (Å²) in [6, 6.07) is 20.8. The predicted octanol–water partition coefficient (Wildman–Crippen LogP) is 6.82. The third kappa shape index (κ3) is 5.97. The lowest BCUT2D eigenvalue weighted by molar-refractivity contribution is 0.0759. The Kier molecular flexibility index (Phi) is 8.80. The molecule has 196 valence electrons. The average Bonchev–Trinajstić information content (AvgIpc) is 2.90. The average molecular weight is 516 g/mol. The van der Waals surface area contributed by atoms with Crippen molar-refractivity contribution in [1.82, 2.24) is 10.2 Å². The summed E-state index contributed by atoms with van der Waals surface area (Å²) in [5.74, 6) is -3.81. The maximum absolute atomic E-state index is 15.0. The van der Waals surface area contributed by atoms with E-state index in [1.807, 2.05) is 42.5 Å². The lowest BCUT2D eigenvalue weighted by Gasteiger charge is -2.26. The highest BCUT2D eigenvalue weighted by Gasteiger charge is 2.31. The van der Waals surface area contributed by atoms with Crippen LogP contribution in [0.15, 0.2) is 72.4 Å². The first-order valence-corrected chi connectivity index (χ1v) is 12.4. The number of amides is 2. The van der Waals surface area contributed by atoms with E-state index in [-0.39, 0.29) is 24.4 Å². The molecule has 0 spiro atoms. The van der Waals surface area contributed by atoms with Crippen LogP contribution in [0.5, 0.6) is 0 Å². The van der Waals surface area contributed by atoms with Crippen molar-refractivity contribution in [2.24, 2.45) is 5.41 Å². The largest absolute Gasteiger partial charge is 0.339 e. The minimum absolute atomic E-state index is 0.180. The van der Waals surface area contributed by atoms with Gasteiger partial charge >= 0.3 is 0 Å². The molecule has 5 nitrogen and oxygen atoms in total. The number of allylic oxidation sites excluding steroid dienone is 2. The Bertz CT molecular complexity index is 1400. The summed E-state index contributed by atoms with van der Waals surface area (Å²) < 4.78 is 29.8. The number of nitrogens with zero attached hydrogens (tertiary/aromatic N) is 2. The summed E-state index contributed by atoms with van der Waals surface area (Å²) in [5.41, 5.74) is 0.835. The molecule has 0 aliphatic heterocycles. The quantitative estimate of drug-likeness (QED) is 0.351. The van der Waals surface area contributed by atoms with E-state index in [0.717, 1.165) is 23.3 Å². The van der Waals surface area contributed by atoms with E-state index in [4.69, 9.17) is 0 Å². The highest BCUT2D eigenvalue weighted by Crippen LogP contribution is 2.32. The molecule has 0 saturated carbocycles. The van der Waals surface area contributed by atoms with Crippen LogP contribution in [0.25, 0.3) is 16.7 Å². The molecule has 0 bridgehead atoms. The van der Waals surface area contributed by atoms with E-state index >= 15 is 0 Å². The van der Waals surface area contributed by atoms with Crippen molar-refractivity contribution in [2.45, 2.75) is 34.6 Å². The molecule has 38 heavy (non-hydrogen) atoms. The first-order valence-electron chi connectivity index (χ1n) is 12.4. The number of nitrogens with one attached hydrogen (secondary N) is 1. The lowest BCUT2D eigenvalue weighted by atomic mass is 9.86. The molecule has 1 N–H and O–H groups in total. The van der Waals surface area contributed by atoms with Crippen molar-refractivity contribution in [3.63, 3.8) is 0 Å². The highest BCUT2D eigenvalue weighted by atomic mass is 19.1. The Morgan fingerprint density at radius 3 is 1.87 bits per heavy atom. The maximum Gasteiger partial charge on any atom is 0.259 e. The van der Waals surface area contributed by atoms with E-state index in [0.29, 0.717) is 5.56 Å².